The molecular weight excluding hydrogens is 402 g/mol. The second kappa shape index (κ2) is 10.1. The van der Waals surface area contributed by atoms with Crippen LogP contribution in [-0.4, -0.2) is 22.9 Å². The van der Waals surface area contributed by atoms with E-state index in [4.69, 9.17) is 4.74 Å². The summed E-state index contributed by atoms with van der Waals surface area (Å²) in [5.74, 6) is 0.203. The molecule has 0 saturated carbocycles. The van der Waals surface area contributed by atoms with Crippen molar-refractivity contribution in [3.05, 3.63) is 89.2 Å². The number of hydrogen-bond acceptors (Lipinski definition) is 4. The minimum atomic E-state index is -0.699. The van der Waals surface area contributed by atoms with Crippen LogP contribution in [0.4, 0.5) is 5.69 Å². The van der Waals surface area contributed by atoms with Gasteiger partial charge in [0, 0.05) is 18.9 Å². The molecule has 0 aliphatic heterocycles. The van der Waals surface area contributed by atoms with Crippen molar-refractivity contribution in [2.24, 2.45) is 0 Å². The van der Waals surface area contributed by atoms with E-state index < -0.39 is 6.10 Å². The van der Waals surface area contributed by atoms with Crippen molar-refractivity contribution >= 4 is 17.5 Å². The lowest BCUT2D eigenvalue weighted by Gasteiger charge is -2.22. The van der Waals surface area contributed by atoms with Crippen molar-refractivity contribution < 1.29 is 14.3 Å². The van der Waals surface area contributed by atoms with Crippen LogP contribution < -0.4 is 15.4 Å². The third-order valence-corrected chi connectivity index (χ3v) is 5.63. The molecule has 1 atom stereocenters. The molecule has 0 unspecified atom stereocenters. The van der Waals surface area contributed by atoms with Crippen LogP contribution >= 0.6 is 0 Å². The first-order chi connectivity index (χ1) is 15.6. The van der Waals surface area contributed by atoms with Crippen LogP contribution in [0.5, 0.6) is 5.75 Å². The average molecular weight is 430 g/mol. The van der Waals surface area contributed by atoms with Gasteiger partial charge in [-0.25, -0.2) is 0 Å². The highest BCUT2D eigenvalue weighted by atomic mass is 16.5. The number of aromatic nitrogens is 1. The smallest absolute Gasteiger partial charge is 0.265 e. The number of ether oxygens (including phenoxy) is 1. The fourth-order valence-electron chi connectivity index (χ4n) is 3.91. The number of pyridine rings is 1. The summed E-state index contributed by atoms with van der Waals surface area (Å²) in [5, 5.41) is 5.72. The highest BCUT2D eigenvalue weighted by Crippen LogP contribution is 2.30. The number of para-hydroxylation sites is 1. The highest BCUT2D eigenvalue weighted by molar-refractivity contribution is 6.04. The van der Waals surface area contributed by atoms with Gasteiger partial charge in [-0.05, 0) is 73.6 Å². The molecule has 2 amide bonds. The van der Waals surface area contributed by atoms with E-state index in [1.54, 1.807) is 43.6 Å². The third kappa shape index (κ3) is 5.14. The van der Waals surface area contributed by atoms with E-state index in [2.05, 4.69) is 21.7 Å². The van der Waals surface area contributed by atoms with E-state index >= 15 is 0 Å². The van der Waals surface area contributed by atoms with Gasteiger partial charge in [0.25, 0.3) is 11.8 Å². The number of carbonyl (C=O) groups excluding carboxylic acids is 2. The topological polar surface area (TPSA) is 80.3 Å². The average Bonchev–Trinajstić information content (AvgIpc) is 2.83. The van der Waals surface area contributed by atoms with Crippen LogP contribution in [0.3, 0.4) is 0 Å². The zero-order chi connectivity index (χ0) is 22.3. The quantitative estimate of drug-likeness (QED) is 0.587. The third-order valence-electron chi connectivity index (χ3n) is 5.63. The lowest BCUT2D eigenvalue weighted by molar-refractivity contribution is -0.122. The molecule has 0 saturated heterocycles. The number of hydrogen-bond donors (Lipinski definition) is 2. The van der Waals surface area contributed by atoms with E-state index in [0.717, 1.165) is 30.6 Å². The maximum absolute atomic E-state index is 12.9. The van der Waals surface area contributed by atoms with E-state index in [9.17, 15) is 9.59 Å². The molecule has 0 fully saturated rings. The normalized spacial score (nSPS) is 13.5. The van der Waals surface area contributed by atoms with Crippen LogP contribution in [0.15, 0.2) is 67.0 Å². The Hall–Kier alpha value is -3.67. The van der Waals surface area contributed by atoms with Crippen molar-refractivity contribution in [3.63, 3.8) is 0 Å². The molecule has 2 aromatic carbocycles. The minimum absolute atomic E-state index is 0.268. The van der Waals surface area contributed by atoms with Gasteiger partial charge in [0.15, 0.2) is 6.10 Å². The Morgan fingerprint density at radius 2 is 1.88 bits per heavy atom. The number of nitrogens with zero attached hydrogens (tertiary/aromatic N) is 1. The van der Waals surface area contributed by atoms with Gasteiger partial charge in [0.05, 0.1) is 11.3 Å². The van der Waals surface area contributed by atoms with Gasteiger partial charge in [-0.15, -0.1) is 0 Å². The molecule has 164 valence electrons. The Labute approximate surface area is 188 Å². The van der Waals surface area contributed by atoms with Crippen LogP contribution in [0.25, 0.3) is 0 Å². The summed E-state index contributed by atoms with van der Waals surface area (Å²) in [6.45, 7) is 2.08. The number of rotatable bonds is 7. The zero-order valence-electron chi connectivity index (χ0n) is 18.1. The standard InChI is InChI=1S/C26H27N3O3/c1-18(32-24-14-6-10-20-9-2-3-11-21(20)24)25(30)29-23-13-5-4-12-22(23)26(31)28-17-19-8-7-15-27-16-19/h4-8,10,12-16,18H,2-3,9,11,17H2,1H3,(H,28,31)(H,29,30)/t18-/m0/s1. The van der Waals surface area contributed by atoms with Crippen molar-refractivity contribution in [1.29, 1.82) is 0 Å². The Morgan fingerprint density at radius 1 is 1.03 bits per heavy atom. The zero-order valence-corrected chi connectivity index (χ0v) is 18.1. The summed E-state index contributed by atoms with van der Waals surface area (Å²) >= 11 is 0. The predicted octanol–water partition coefficient (Wildman–Crippen LogP) is 4.30. The maximum atomic E-state index is 12.9. The van der Waals surface area contributed by atoms with Crippen LogP contribution in [0.1, 0.15) is 46.8 Å². The van der Waals surface area contributed by atoms with E-state index in [1.807, 2.05) is 24.3 Å². The van der Waals surface area contributed by atoms with Crippen LogP contribution in [-0.2, 0) is 24.2 Å². The van der Waals surface area contributed by atoms with Crippen molar-refractivity contribution in [2.45, 2.75) is 45.3 Å². The SMILES string of the molecule is C[C@H](Oc1cccc2c1CCCC2)C(=O)Nc1ccccc1C(=O)NCc1cccnc1. The molecule has 0 bridgehead atoms. The first kappa shape index (κ1) is 21.6. The monoisotopic (exact) mass is 429 g/mol. The Kier molecular flexibility index (Phi) is 6.80. The summed E-state index contributed by atoms with van der Waals surface area (Å²) in [6.07, 6.45) is 7.03. The predicted molar refractivity (Wildman–Crippen MR) is 124 cm³/mol. The molecule has 0 radical (unpaired) electrons. The molecule has 2 N–H and O–H groups in total. The fraction of sp³-hybridized carbons (Fsp3) is 0.269. The number of fused-ring (bicyclic) bond motifs is 1. The second-order valence-corrected chi connectivity index (χ2v) is 7.94. The van der Waals surface area contributed by atoms with E-state index in [0.29, 0.717) is 17.8 Å². The molecular formula is C26H27N3O3. The van der Waals surface area contributed by atoms with Crippen LogP contribution in [0.2, 0.25) is 0 Å². The van der Waals surface area contributed by atoms with Gasteiger partial charge in [-0.3, -0.25) is 14.6 Å². The summed E-state index contributed by atoms with van der Waals surface area (Å²) in [5.41, 5.74) is 4.25. The number of anilines is 1. The molecule has 1 aromatic heterocycles. The van der Waals surface area contributed by atoms with E-state index in [1.165, 1.54) is 17.5 Å². The summed E-state index contributed by atoms with van der Waals surface area (Å²) in [7, 11) is 0. The molecule has 6 nitrogen and oxygen atoms in total. The Morgan fingerprint density at radius 3 is 2.72 bits per heavy atom. The molecule has 4 rings (SSSR count). The first-order valence-electron chi connectivity index (χ1n) is 11.0. The van der Waals surface area contributed by atoms with Gasteiger partial charge < -0.3 is 15.4 Å². The largest absolute Gasteiger partial charge is 0.481 e. The fourth-order valence-corrected chi connectivity index (χ4v) is 3.91. The molecule has 1 aliphatic carbocycles. The van der Waals surface area contributed by atoms with Gasteiger partial charge in [0.2, 0.25) is 0 Å². The highest BCUT2D eigenvalue weighted by Gasteiger charge is 2.21. The summed E-state index contributed by atoms with van der Waals surface area (Å²) < 4.78 is 6.03. The number of benzene rings is 2. The van der Waals surface area contributed by atoms with Crippen molar-refractivity contribution in [3.8, 4) is 5.75 Å². The maximum Gasteiger partial charge on any atom is 0.265 e. The number of nitrogens with one attached hydrogen (secondary N) is 2. The Balaban J connectivity index is 1.42. The summed E-state index contributed by atoms with van der Waals surface area (Å²) in [4.78, 5) is 29.6. The molecule has 6 heteroatoms. The van der Waals surface area contributed by atoms with Crippen LogP contribution in [0, 0.1) is 0 Å². The second-order valence-electron chi connectivity index (χ2n) is 7.94. The van der Waals surface area contributed by atoms with Gasteiger partial charge in [-0.1, -0.05) is 30.3 Å². The van der Waals surface area contributed by atoms with Gasteiger partial charge >= 0.3 is 0 Å². The van der Waals surface area contributed by atoms with Crippen molar-refractivity contribution in [2.75, 3.05) is 5.32 Å². The Bertz CT molecular complexity index is 1100. The van der Waals surface area contributed by atoms with E-state index in [-0.39, 0.29) is 11.8 Å². The van der Waals surface area contributed by atoms with Gasteiger partial charge in [-0.2, -0.15) is 0 Å². The molecule has 3 aromatic rings. The minimum Gasteiger partial charge on any atom is -0.481 e. The number of aryl methyl sites for hydroxylation is 1. The molecule has 1 heterocycles. The molecule has 32 heavy (non-hydrogen) atoms. The van der Waals surface area contributed by atoms with Gasteiger partial charge in [0.1, 0.15) is 5.75 Å². The molecule has 0 spiro atoms. The lowest BCUT2D eigenvalue weighted by Crippen LogP contribution is -2.32. The number of amides is 2. The number of carbonyl (C=O) groups is 2. The first-order valence-corrected chi connectivity index (χ1v) is 11.0. The lowest BCUT2D eigenvalue weighted by atomic mass is 9.91. The summed E-state index contributed by atoms with van der Waals surface area (Å²) in [6, 6.07) is 16.7. The molecule has 1 aliphatic rings. The van der Waals surface area contributed by atoms with Crippen molar-refractivity contribution in [1.82, 2.24) is 10.3 Å².